The van der Waals surface area contributed by atoms with Crippen LogP contribution >= 0.6 is 0 Å². The number of likely N-dealkylation sites (tertiary alicyclic amines) is 1. The van der Waals surface area contributed by atoms with Crippen LogP contribution in [0.4, 0.5) is 0 Å². The number of nitrogens with one attached hydrogen (secondary N) is 1. The molecule has 1 fully saturated rings. The fraction of sp³-hybridized carbons (Fsp3) is 0.391. The zero-order valence-corrected chi connectivity index (χ0v) is 17.0. The van der Waals surface area contributed by atoms with E-state index in [2.05, 4.69) is 17.4 Å². The van der Waals surface area contributed by atoms with Gasteiger partial charge >= 0.3 is 0 Å². The summed E-state index contributed by atoms with van der Waals surface area (Å²) >= 11 is 0. The van der Waals surface area contributed by atoms with E-state index in [0.717, 1.165) is 12.0 Å². The maximum Gasteiger partial charge on any atom is 0.225 e. The molecule has 0 radical (unpaired) electrons. The Bertz CT molecular complexity index is 838. The highest BCUT2D eigenvalue weighted by molar-refractivity contribution is 5.89. The quantitative estimate of drug-likeness (QED) is 0.707. The topological polar surface area (TPSA) is 67.9 Å². The molecule has 0 aliphatic carbocycles. The van der Waals surface area contributed by atoms with Crippen molar-refractivity contribution < 1.29 is 19.1 Å². The van der Waals surface area contributed by atoms with Gasteiger partial charge in [-0.05, 0) is 36.1 Å². The maximum absolute atomic E-state index is 12.5. The predicted octanol–water partition coefficient (Wildman–Crippen LogP) is 2.45. The third kappa shape index (κ3) is 5.50. The van der Waals surface area contributed by atoms with Crippen molar-refractivity contribution in [3.63, 3.8) is 0 Å². The predicted molar refractivity (Wildman–Crippen MR) is 111 cm³/mol. The fourth-order valence-electron chi connectivity index (χ4n) is 3.58. The average molecular weight is 396 g/mol. The van der Waals surface area contributed by atoms with Gasteiger partial charge in [-0.1, -0.05) is 36.4 Å². The Kier molecular flexibility index (Phi) is 7.11. The molecule has 0 saturated carbocycles. The SMILES string of the molecule is COc1ccc(CCNC(=O)[C@@H]2CC(=O)N(CCc3ccccc3)C2)cc1OC. The Hall–Kier alpha value is -3.02. The van der Waals surface area contributed by atoms with Crippen molar-refractivity contribution in [2.45, 2.75) is 19.3 Å². The number of nitrogens with zero attached hydrogens (tertiary/aromatic N) is 1. The van der Waals surface area contributed by atoms with E-state index in [1.54, 1.807) is 19.1 Å². The molecule has 1 aliphatic rings. The number of hydrogen-bond donors (Lipinski definition) is 1. The number of rotatable bonds is 9. The Morgan fingerprint density at radius 2 is 1.79 bits per heavy atom. The van der Waals surface area contributed by atoms with E-state index in [0.29, 0.717) is 37.6 Å². The van der Waals surface area contributed by atoms with Gasteiger partial charge in [-0.15, -0.1) is 0 Å². The van der Waals surface area contributed by atoms with Crippen LogP contribution in [-0.4, -0.2) is 50.6 Å². The lowest BCUT2D eigenvalue weighted by atomic mass is 10.1. The van der Waals surface area contributed by atoms with E-state index in [4.69, 9.17) is 9.47 Å². The summed E-state index contributed by atoms with van der Waals surface area (Å²) in [5, 5.41) is 2.96. The van der Waals surface area contributed by atoms with E-state index >= 15 is 0 Å². The molecule has 1 aliphatic heterocycles. The lowest BCUT2D eigenvalue weighted by molar-refractivity contribution is -0.129. The standard InChI is InChI=1S/C23H28N2O4/c1-28-20-9-8-18(14-21(20)29-2)10-12-24-23(27)19-15-22(26)25(16-19)13-11-17-6-4-3-5-7-17/h3-9,14,19H,10-13,15-16H2,1-2H3,(H,24,27)/t19-/m1/s1. The van der Waals surface area contributed by atoms with Crippen molar-refractivity contribution in [3.05, 3.63) is 59.7 Å². The first-order valence-electron chi connectivity index (χ1n) is 9.91. The average Bonchev–Trinajstić information content (AvgIpc) is 3.13. The number of amides is 2. The molecule has 1 saturated heterocycles. The first-order chi connectivity index (χ1) is 14.1. The van der Waals surface area contributed by atoms with Crippen LogP contribution in [0.5, 0.6) is 11.5 Å². The zero-order valence-electron chi connectivity index (χ0n) is 17.0. The first-order valence-corrected chi connectivity index (χ1v) is 9.91. The molecule has 6 heteroatoms. The molecule has 6 nitrogen and oxygen atoms in total. The molecule has 29 heavy (non-hydrogen) atoms. The molecule has 0 bridgehead atoms. The molecule has 2 amide bonds. The normalized spacial score (nSPS) is 16.0. The minimum atomic E-state index is -0.274. The van der Waals surface area contributed by atoms with Gasteiger partial charge < -0.3 is 19.7 Å². The van der Waals surface area contributed by atoms with Gasteiger partial charge in [0.15, 0.2) is 11.5 Å². The van der Waals surface area contributed by atoms with Crippen molar-refractivity contribution in [2.24, 2.45) is 5.92 Å². The Morgan fingerprint density at radius 3 is 2.52 bits per heavy atom. The third-order valence-electron chi connectivity index (χ3n) is 5.26. The number of carbonyl (C=O) groups is 2. The monoisotopic (exact) mass is 396 g/mol. The van der Waals surface area contributed by atoms with E-state index < -0.39 is 0 Å². The molecule has 3 rings (SSSR count). The Labute approximate surface area is 171 Å². The second-order valence-corrected chi connectivity index (χ2v) is 7.21. The molecular formula is C23H28N2O4. The highest BCUT2D eigenvalue weighted by Gasteiger charge is 2.33. The lowest BCUT2D eigenvalue weighted by Gasteiger charge is -2.16. The van der Waals surface area contributed by atoms with E-state index in [1.165, 1.54) is 5.56 Å². The van der Waals surface area contributed by atoms with Gasteiger partial charge in [0.05, 0.1) is 20.1 Å². The van der Waals surface area contributed by atoms with Crippen LogP contribution in [0, 0.1) is 5.92 Å². The summed E-state index contributed by atoms with van der Waals surface area (Å²) in [6.07, 6.45) is 1.78. The van der Waals surface area contributed by atoms with Crippen molar-refractivity contribution in [1.29, 1.82) is 0 Å². The van der Waals surface area contributed by atoms with Crippen LogP contribution in [0.2, 0.25) is 0 Å². The van der Waals surface area contributed by atoms with Crippen LogP contribution in [0.3, 0.4) is 0 Å². The van der Waals surface area contributed by atoms with Crippen LogP contribution in [0.15, 0.2) is 48.5 Å². The summed E-state index contributed by atoms with van der Waals surface area (Å²) in [7, 11) is 3.20. The van der Waals surface area contributed by atoms with E-state index in [1.807, 2.05) is 36.4 Å². The summed E-state index contributed by atoms with van der Waals surface area (Å²) in [4.78, 5) is 26.5. The number of ether oxygens (including phenoxy) is 2. The first kappa shape index (κ1) is 20.7. The highest BCUT2D eigenvalue weighted by Crippen LogP contribution is 2.27. The number of hydrogen-bond acceptors (Lipinski definition) is 4. The molecule has 2 aromatic rings. The fourth-order valence-corrected chi connectivity index (χ4v) is 3.58. The number of benzene rings is 2. The molecule has 2 aromatic carbocycles. The number of methoxy groups -OCH3 is 2. The van der Waals surface area contributed by atoms with Crippen molar-refractivity contribution in [1.82, 2.24) is 10.2 Å². The molecule has 0 aromatic heterocycles. The van der Waals surface area contributed by atoms with Gasteiger partial charge in [-0.3, -0.25) is 9.59 Å². The van der Waals surface area contributed by atoms with Gasteiger partial charge in [-0.2, -0.15) is 0 Å². The largest absolute Gasteiger partial charge is 0.493 e. The molecule has 0 unspecified atom stereocenters. The third-order valence-corrected chi connectivity index (χ3v) is 5.26. The molecular weight excluding hydrogens is 368 g/mol. The van der Waals surface area contributed by atoms with Crippen molar-refractivity contribution in [2.75, 3.05) is 33.9 Å². The summed E-state index contributed by atoms with van der Waals surface area (Å²) in [6, 6.07) is 15.8. The number of carbonyl (C=O) groups excluding carboxylic acids is 2. The Balaban J connectivity index is 1.44. The van der Waals surface area contributed by atoms with Gasteiger partial charge in [0.1, 0.15) is 0 Å². The van der Waals surface area contributed by atoms with Crippen LogP contribution in [-0.2, 0) is 22.4 Å². The van der Waals surface area contributed by atoms with Crippen LogP contribution < -0.4 is 14.8 Å². The minimum absolute atomic E-state index is 0.0546. The van der Waals surface area contributed by atoms with Gasteiger partial charge in [0, 0.05) is 26.1 Å². The summed E-state index contributed by atoms with van der Waals surface area (Å²) in [6.45, 7) is 1.66. The van der Waals surface area contributed by atoms with Crippen LogP contribution in [0.25, 0.3) is 0 Å². The second kappa shape index (κ2) is 9.96. The Morgan fingerprint density at radius 1 is 1.03 bits per heavy atom. The summed E-state index contributed by atoms with van der Waals surface area (Å²) in [5.74, 6) is 1.08. The van der Waals surface area contributed by atoms with Crippen molar-refractivity contribution in [3.8, 4) is 11.5 Å². The van der Waals surface area contributed by atoms with Gasteiger partial charge in [0.25, 0.3) is 0 Å². The van der Waals surface area contributed by atoms with Gasteiger partial charge in [-0.25, -0.2) is 0 Å². The van der Waals surface area contributed by atoms with E-state index in [-0.39, 0.29) is 24.2 Å². The molecule has 154 valence electrons. The highest BCUT2D eigenvalue weighted by atomic mass is 16.5. The van der Waals surface area contributed by atoms with E-state index in [9.17, 15) is 9.59 Å². The molecule has 1 N–H and O–H groups in total. The molecule has 1 atom stereocenters. The summed E-state index contributed by atoms with van der Waals surface area (Å²) in [5.41, 5.74) is 2.25. The summed E-state index contributed by atoms with van der Waals surface area (Å²) < 4.78 is 10.5. The maximum atomic E-state index is 12.5. The van der Waals surface area contributed by atoms with Gasteiger partial charge in [0.2, 0.25) is 11.8 Å². The zero-order chi connectivity index (χ0) is 20.6. The van der Waals surface area contributed by atoms with Crippen LogP contribution in [0.1, 0.15) is 17.5 Å². The smallest absolute Gasteiger partial charge is 0.225 e. The lowest BCUT2D eigenvalue weighted by Crippen LogP contribution is -2.34. The minimum Gasteiger partial charge on any atom is -0.493 e. The molecule has 0 spiro atoms. The van der Waals surface area contributed by atoms with Crippen molar-refractivity contribution >= 4 is 11.8 Å². The second-order valence-electron chi connectivity index (χ2n) is 7.21. The molecule has 1 heterocycles.